The van der Waals surface area contributed by atoms with Crippen LogP contribution in [-0.2, 0) is 4.79 Å². The highest BCUT2D eigenvalue weighted by Crippen LogP contribution is 2.17. The SMILES string of the molecule is O=C(C=Cc1cccs1)N1CCCC(Oc2cccnn2)C1. The van der Waals surface area contributed by atoms with Crippen LogP contribution in [0.15, 0.2) is 41.9 Å². The average molecular weight is 315 g/mol. The second-order valence-corrected chi connectivity index (χ2v) is 6.06. The Kier molecular flexibility index (Phi) is 4.80. The predicted molar refractivity (Wildman–Crippen MR) is 85.6 cm³/mol. The molecule has 0 spiro atoms. The van der Waals surface area contributed by atoms with Crippen LogP contribution in [0, 0.1) is 0 Å². The number of carbonyl (C=O) groups is 1. The van der Waals surface area contributed by atoms with Crippen LogP contribution >= 0.6 is 11.3 Å². The number of nitrogens with zero attached hydrogens (tertiary/aromatic N) is 3. The molecule has 114 valence electrons. The van der Waals surface area contributed by atoms with Gasteiger partial charge in [-0.2, -0.15) is 5.10 Å². The summed E-state index contributed by atoms with van der Waals surface area (Å²) in [4.78, 5) is 15.2. The molecule has 1 atom stereocenters. The summed E-state index contributed by atoms with van der Waals surface area (Å²) in [5.41, 5.74) is 0. The van der Waals surface area contributed by atoms with E-state index in [1.807, 2.05) is 28.5 Å². The summed E-state index contributed by atoms with van der Waals surface area (Å²) in [6.45, 7) is 1.36. The predicted octanol–water partition coefficient (Wildman–Crippen LogP) is 2.62. The van der Waals surface area contributed by atoms with Crippen molar-refractivity contribution in [2.24, 2.45) is 0 Å². The topological polar surface area (TPSA) is 55.3 Å². The van der Waals surface area contributed by atoms with Gasteiger partial charge in [0.1, 0.15) is 6.10 Å². The fourth-order valence-corrected chi connectivity index (χ4v) is 3.02. The molecule has 0 bridgehead atoms. The van der Waals surface area contributed by atoms with Crippen molar-refractivity contribution >= 4 is 23.3 Å². The third kappa shape index (κ3) is 3.92. The largest absolute Gasteiger partial charge is 0.471 e. The van der Waals surface area contributed by atoms with Crippen LogP contribution in [0.2, 0.25) is 0 Å². The molecule has 0 saturated carbocycles. The van der Waals surface area contributed by atoms with Crippen LogP contribution in [0.3, 0.4) is 0 Å². The van der Waals surface area contributed by atoms with Crippen molar-refractivity contribution in [3.8, 4) is 5.88 Å². The third-order valence-electron chi connectivity index (χ3n) is 3.46. The van der Waals surface area contributed by atoms with E-state index in [2.05, 4.69) is 10.2 Å². The van der Waals surface area contributed by atoms with Gasteiger partial charge in [-0.3, -0.25) is 4.79 Å². The molecule has 2 aromatic rings. The van der Waals surface area contributed by atoms with Gasteiger partial charge in [-0.05, 0) is 36.4 Å². The Labute approximate surface area is 133 Å². The standard InChI is InChI=1S/C16H17N3O2S/c20-16(8-7-14-5-3-11-22-14)19-10-2-4-13(12-19)21-15-6-1-9-17-18-15/h1,3,5-9,11,13H,2,4,10,12H2. The molecule has 2 aromatic heterocycles. The minimum atomic E-state index is -0.0236. The van der Waals surface area contributed by atoms with Gasteiger partial charge in [0.05, 0.1) is 6.54 Å². The molecule has 0 N–H and O–H groups in total. The first-order valence-electron chi connectivity index (χ1n) is 7.26. The number of hydrogen-bond donors (Lipinski definition) is 0. The number of aromatic nitrogens is 2. The minimum Gasteiger partial charge on any atom is -0.471 e. The Balaban J connectivity index is 1.57. The van der Waals surface area contributed by atoms with Crippen LogP contribution in [0.25, 0.3) is 6.08 Å². The smallest absolute Gasteiger partial charge is 0.246 e. The van der Waals surface area contributed by atoms with E-state index in [0.29, 0.717) is 12.4 Å². The molecule has 1 saturated heterocycles. The molecular formula is C16H17N3O2S. The Morgan fingerprint density at radius 3 is 3.14 bits per heavy atom. The van der Waals surface area contributed by atoms with Gasteiger partial charge in [-0.15, -0.1) is 16.4 Å². The number of amides is 1. The second-order valence-electron chi connectivity index (χ2n) is 5.08. The highest BCUT2D eigenvalue weighted by Gasteiger charge is 2.24. The summed E-state index contributed by atoms with van der Waals surface area (Å²) in [6, 6.07) is 7.54. The molecule has 1 amide bonds. The Hall–Kier alpha value is -2.21. The monoisotopic (exact) mass is 315 g/mol. The summed E-state index contributed by atoms with van der Waals surface area (Å²) < 4.78 is 5.80. The first-order valence-corrected chi connectivity index (χ1v) is 8.14. The summed E-state index contributed by atoms with van der Waals surface area (Å²) >= 11 is 1.62. The van der Waals surface area contributed by atoms with E-state index < -0.39 is 0 Å². The average Bonchev–Trinajstić information content (AvgIpc) is 3.07. The lowest BCUT2D eigenvalue weighted by molar-refractivity contribution is -0.128. The first-order chi connectivity index (χ1) is 10.8. The van der Waals surface area contributed by atoms with E-state index >= 15 is 0 Å². The zero-order chi connectivity index (χ0) is 15.2. The zero-order valence-electron chi connectivity index (χ0n) is 12.1. The Morgan fingerprint density at radius 2 is 2.36 bits per heavy atom. The molecule has 3 rings (SSSR count). The fraction of sp³-hybridized carbons (Fsp3) is 0.312. The molecule has 1 fully saturated rings. The van der Waals surface area contributed by atoms with Crippen molar-refractivity contribution < 1.29 is 9.53 Å². The second kappa shape index (κ2) is 7.17. The van der Waals surface area contributed by atoms with Crippen molar-refractivity contribution in [1.82, 2.24) is 15.1 Å². The molecule has 1 unspecified atom stereocenters. The van der Waals surface area contributed by atoms with Crippen LogP contribution in [0.1, 0.15) is 17.7 Å². The molecule has 0 aliphatic carbocycles. The van der Waals surface area contributed by atoms with E-state index in [4.69, 9.17) is 4.74 Å². The molecule has 0 radical (unpaired) electrons. The van der Waals surface area contributed by atoms with Crippen molar-refractivity contribution in [2.75, 3.05) is 13.1 Å². The van der Waals surface area contributed by atoms with Gasteiger partial charge in [0.2, 0.25) is 11.8 Å². The summed E-state index contributed by atoms with van der Waals surface area (Å²) in [5.74, 6) is 0.539. The maximum atomic E-state index is 12.3. The number of likely N-dealkylation sites (tertiary alicyclic amines) is 1. The molecule has 22 heavy (non-hydrogen) atoms. The van der Waals surface area contributed by atoms with Crippen molar-refractivity contribution in [3.63, 3.8) is 0 Å². The Morgan fingerprint density at radius 1 is 1.41 bits per heavy atom. The third-order valence-corrected chi connectivity index (χ3v) is 4.30. The van der Waals surface area contributed by atoms with Crippen molar-refractivity contribution in [3.05, 3.63) is 46.8 Å². The van der Waals surface area contributed by atoms with Crippen LogP contribution in [0.4, 0.5) is 0 Å². The number of thiophene rings is 1. The van der Waals surface area contributed by atoms with E-state index in [1.54, 1.807) is 35.7 Å². The number of hydrogen-bond acceptors (Lipinski definition) is 5. The van der Waals surface area contributed by atoms with Crippen LogP contribution in [0.5, 0.6) is 5.88 Å². The number of rotatable bonds is 4. The Bertz CT molecular complexity index is 628. The lowest BCUT2D eigenvalue weighted by Gasteiger charge is -2.31. The normalized spacial score (nSPS) is 18.5. The van der Waals surface area contributed by atoms with Gasteiger partial charge >= 0.3 is 0 Å². The molecule has 0 aromatic carbocycles. The number of carbonyl (C=O) groups excluding carboxylic acids is 1. The summed E-state index contributed by atoms with van der Waals surface area (Å²) in [5, 5.41) is 9.72. The molecule has 3 heterocycles. The highest BCUT2D eigenvalue weighted by molar-refractivity contribution is 7.10. The lowest BCUT2D eigenvalue weighted by Crippen LogP contribution is -2.43. The summed E-state index contributed by atoms with van der Waals surface area (Å²) in [6.07, 6.45) is 6.94. The molecule has 6 heteroatoms. The molecular weight excluding hydrogens is 298 g/mol. The quantitative estimate of drug-likeness (QED) is 0.814. The molecule has 1 aliphatic heterocycles. The van der Waals surface area contributed by atoms with Gasteiger partial charge < -0.3 is 9.64 Å². The van der Waals surface area contributed by atoms with E-state index in [-0.39, 0.29) is 12.0 Å². The fourth-order valence-electron chi connectivity index (χ4n) is 2.40. The lowest BCUT2D eigenvalue weighted by atomic mass is 10.1. The molecule has 1 aliphatic rings. The van der Waals surface area contributed by atoms with Gasteiger partial charge in [0, 0.05) is 29.8 Å². The van der Waals surface area contributed by atoms with Gasteiger partial charge in [-0.25, -0.2) is 0 Å². The van der Waals surface area contributed by atoms with Gasteiger partial charge in [0.25, 0.3) is 0 Å². The zero-order valence-corrected chi connectivity index (χ0v) is 12.9. The first kappa shape index (κ1) is 14.7. The van der Waals surface area contributed by atoms with Crippen LogP contribution in [-0.4, -0.2) is 40.2 Å². The van der Waals surface area contributed by atoms with Gasteiger partial charge in [-0.1, -0.05) is 6.07 Å². The van der Waals surface area contributed by atoms with E-state index in [1.165, 1.54) is 0 Å². The van der Waals surface area contributed by atoms with E-state index in [9.17, 15) is 4.79 Å². The van der Waals surface area contributed by atoms with Gasteiger partial charge in [0.15, 0.2) is 0 Å². The van der Waals surface area contributed by atoms with Crippen molar-refractivity contribution in [2.45, 2.75) is 18.9 Å². The van der Waals surface area contributed by atoms with Crippen molar-refractivity contribution in [1.29, 1.82) is 0 Å². The maximum absolute atomic E-state index is 12.3. The molecule has 5 nitrogen and oxygen atoms in total. The maximum Gasteiger partial charge on any atom is 0.246 e. The number of ether oxygens (including phenoxy) is 1. The highest BCUT2D eigenvalue weighted by atomic mass is 32.1. The van der Waals surface area contributed by atoms with E-state index in [0.717, 1.165) is 24.3 Å². The summed E-state index contributed by atoms with van der Waals surface area (Å²) in [7, 11) is 0. The minimum absolute atomic E-state index is 0.0236. The van der Waals surface area contributed by atoms with Crippen LogP contribution < -0.4 is 4.74 Å². The number of piperidine rings is 1.